The zero-order valence-electron chi connectivity index (χ0n) is 17.9. The van der Waals surface area contributed by atoms with E-state index in [0.29, 0.717) is 31.7 Å². The molecule has 1 aliphatic heterocycles. The molecular weight excluding hydrogens is 462 g/mol. The quantitative estimate of drug-likeness (QED) is 0.322. The van der Waals surface area contributed by atoms with Crippen molar-refractivity contribution in [2.45, 2.75) is 4.90 Å². The molecule has 0 atom stereocenters. The van der Waals surface area contributed by atoms with E-state index in [2.05, 4.69) is 0 Å². The van der Waals surface area contributed by atoms with Crippen LogP contribution >= 0.6 is 0 Å². The summed E-state index contributed by atoms with van der Waals surface area (Å²) in [6, 6.07) is 17.3. The number of benzene rings is 3. The van der Waals surface area contributed by atoms with Crippen LogP contribution in [0.15, 0.2) is 77.7 Å². The van der Waals surface area contributed by atoms with Crippen LogP contribution in [0.2, 0.25) is 0 Å². The molecule has 0 aromatic heterocycles. The Balaban J connectivity index is 1.40. The molecule has 3 aromatic rings. The lowest BCUT2D eigenvalue weighted by Crippen LogP contribution is -2.48. The van der Waals surface area contributed by atoms with E-state index < -0.39 is 15.0 Å². The Morgan fingerprint density at radius 3 is 2.26 bits per heavy atom. The van der Waals surface area contributed by atoms with Crippen molar-refractivity contribution in [3.05, 3.63) is 88.5 Å². The number of nitro groups is 1. The highest BCUT2D eigenvalue weighted by molar-refractivity contribution is 7.87. The Kier molecular flexibility index (Phi) is 6.37. The van der Waals surface area contributed by atoms with Crippen LogP contribution in [-0.2, 0) is 10.1 Å². The van der Waals surface area contributed by atoms with Crippen molar-refractivity contribution in [2.24, 2.45) is 0 Å². The average molecular weight is 484 g/mol. The van der Waals surface area contributed by atoms with Crippen LogP contribution in [0.3, 0.4) is 0 Å². The molecule has 1 aliphatic rings. The SMILES string of the molecule is O=C(c1ccc(OS(=O)(=O)c2cccc([N+](=O)[O-])c2)cc1)N1CCN(c2ccccc2O)CC1. The molecule has 1 fully saturated rings. The van der Waals surface area contributed by atoms with Gasteiger partial charge in [-0.1, -0.05) is 18.2 Å². The van der Waals surface area contributed by atoms with E-state index in [-0.39, 0.29) is 28.0 Å². The lowest BCUT2D eigenvalue weighted by Gasteiger charge is -2.36. The lowest BCUT2D eigenvalue weighted by molar-refractivity contribution is -0.385. The molecule has 0 unspecified atom stereocenters. The summed E-state index contributed by atoms with van der Waals surface area (Å²) in [4.78, 5) is 26.4. The Bertz CT molecular complexity index is 1320. The predicted molar refractivity (Wildman–Crippen MR) is 124 cm³/mol. The van der Waals surface area contributed by atoms with Gasteiger partial charge in [-0.15, -0.1) is 0 Å². The van der Waals surface area contributed by atoms with E-state index in [1.54, 1.807) is 17.0 Å². The molecule has 0 saturated carbocycles. The Morgan fingerprint density at radius 2 is 1.62 bits per heavy atom. The Hall–Kier alpha value is -4.12. The van der Waals surface area contributed by atoms with E-state index in [1.807, 2.05) is 17.0 Å². The van der Waals surface area contributed by atoms with Crippen molar-refractivity contribution in [3.8, 4) is 11.5 Å². The van der Waals surface area contributed by atoms with Gasteiger partial charge < -0.3 is 19.1 Å². The Morgan fingerprint density at radius 1 is 0.941 bits per heavy atom. The molecule has 11 heteroatoms. The summed E-state index contributed by atoms with van der Waals surface area (Å²) in [5, 5.41) is 20.9. The zero-order valence-corrected chi connectivity index (χ0v) is 18.7. The van der Waals surface area contributed by atoms with E-state index >= 15 is 0 Å². The average Bonchev–Trinajstić information content (AvgIpc) is 2.84. The first-order chi connectivity index (χ1) is 16.2. The van der Waals surface area contributed by atoms with Crippen LogP contribution in [-0.4, -0.2) is 55.4 Å². The fraction of sp³-hybridized carbons (Fsp3) is 0.174. The van der Waals surface area contributed by atoms with Crippen molar-refractivity contribution in [1.82, 2.24) is 4.90 Å². The molecule has 34 heavy (non-hydrogen) atoms. The first-order valence-corrected chi connectivity index (χ1v) is 11.8. The summed E-state index contributed by atoms with van der Waals surface area (Å²) in [7, 11) is -4.28. The van der Waals surface area contributed by atoms with Crippen molar-refractivity contribution in [3.63, 3.8) is 0 Å². The second kappa shape index (κ2) is 9.40. The maximum absolute atomic E-state index is 12.9. The molecule has 1 N–H and O–H groups in total. The number of hydrogen-bond acceptors (Lipinski definition) is 8. The van der Waals surface area contributed by atoms with Crippen LogP contribution in [0.25, 0.3) is 0 Å². The molecule has 3 aromatic carbocycles. The summed E-state index contributed by atoms with van der Waals surface area (Å²) in [6.45, 7) is 2.05. The standard InChI is InChI=1S/C23H21N3O7S/c27-22-7-2-1-6-21(22)24-12-14-25(15-13-24)23(28)17-8-10-19(11-9-17)33-34(31,32)20-5-3-4-18(16-20)26(29)30/h1-11,16,27H,12-15H2. The number of piperazine rings is 1. The molecule has 0 bridgehead atoms. The molecule has 0 spiro atoms. The van der Waals surface area contributed by atoms with Gasteiger partial charge in [0, 0.05) is 43.9 Å². The van der Waals surface area contributed by atoms with Gasteiger partial charge in [-0.3, -0.25) is 14.9 Å². The van der Waals surface area contributed by atoms with Gasteiger partial charge >= 0.3 is 10.1 Å². The second-order valence-electron chi connectivity index (χ2n) is 7.58. The van der Waals surface area contributed by atoms with Gasteiger partial charge in [0.25, 0.3) is 11.6 Å². The van der Waals surface area contributed by atoms with E-state index in [9.17, 15) is 28.4 Å². The fourth-order valence-electron chi connectivity index (χ4n) is 3.65. The van der Waals surface area contributed by atoms with E-state index in [1.165, 1.54) is 42.5 Å². The number of para-hydroxylation sites is 2. The number of aromatic hydroxyl groups is 1. The van der Waals surface area contributed by atoms with Crippen molar-refractivity contribution >= 4 is 27.4 Å². The first-order valence-electron chi connectivity index (χ1n) is 10.4. The van der Waals surface area contributed by atoms with Crippen molar-refractivity contribution in [2.75, 3.05) is 31.1 Å². The maximum Gasteiger partial charge on any atom is 0.339 e. The molecule has 4 rings (SSSR count). The molecule has 1 heterocycles. The highest BCUT2D eigenvalue weighted by Crippen LogP contribution is 2.28. The zero-order chi connectivity index (χ0) is 24.3. The summed E-state index contributed by atoms with van der Waals surface area (Å²) in [5.41, 5.74) is 0.727. The van der Waals surface area contributed by atoms with Crippen LogP contribution in [0.1, 0.15) is 10.4 Å². The van der Waals surface area contributed by atoms with E-state index in [4.69, 9.17) is 4.18 Å². The predicted octanol–water partition coefficient (Wildman–Crippen LogP) is 3.03. The third-order valence-corrected chi connectivity index (χ3v) is 6.66. The van der Waals surface area contributed by atoms with Crippen LogP contribution in [0.5, 0.6) is 11.5 Å². The van der Waals surface area contributed by atoms with Crippen LogP contribution < -0.4 is 9.08 Å². The monoisotopic (exact) mass is 483 g/mol. The van der Waals surface area contributed by atoms with Crippen molar-refractivity contribution < 1.29 is 27.4 Å². The molecule has 0 aliphatic carbocycles. The second-order valence-corrected chi connectivity index (χ2v) is 9.13. The molecule has 1 amide bonds. The Labute approximate surface area is 195 Å². The number of phenols is 1. The largest absolute Gasteiger partial charge is 0.506 e. The van der Waals surface area contributed by atoms with Gasteiger partial charge in [-0.2, -0.15) is 8.42 Å². The molecule has 0 radical (unpaired) electrons. The van der Waals surface area contributed by atoms with Crippen molar-refractivity contribution in [1.29, 1.82) is 0 Å². The van der Waals surface area contributed by atoms with Gasteiger partial charge in [0.2, 0.25) is 0 Å². The van der Waals surface area contributed by atoms with Crippen LogP contribution in [0.4, 0.5) is 11.4 Å². The van der Waals surface area contributed by atoms with Gasteiger partial charge in [-0.25, -0.2) is 0 Å². The third-order valence-electron chi connectivity index (χ3n) is 5.41. The van der Waals surface area contributed by atoms with Gasteiger partial charge in [0.05, 0.1) is 10.6 Å². The summed E-state index contributed by atoms with van der Waals surface area (Å²) in [6.07, 6.45) is 0. The van der Waals surface area contributed by atoms with Gasteiger partial charge in [-0.05, 0) is 42.5 Å². The number of phenolic OH excluding ortho intramolecular Hbond substituents is 1. The third kappa shape index (κ3) is 4.94. The number of rotatable bonds is 6. The van der Waals surface area contributed by atoms with Gasteiger partial charge in [0.1, 0.15) is 16.4 Å². The molecule has 176 valence electrons. The van der Waals surface area contributed by atoms with Crippen LogP contribution in [0, 0.1) is 10.1 Å². The normalized spacial score (nSPS) is 14.0. The number of nitrogens with zero attached hydrogens (tertiary/aromatic N) is 3. The fourth-order valence-corrected chi connectivity index (χ4v) is 4.62. The molecular formula is C23H21N3O7S. The number of hydrogen-bond donors (Lipinski definition) is 1. The first kappa shape index (κ1) is 23.1. The van der Waals surface area contributed by atoms with Gasteiger partial charge in [0.15, 0.2) is 0 Å². The minimum atomic E-state index is -4.28. The number of non-ortho nitro benzene ring substituents is 1. The summed E-state index contributed by atoms with van der Waals surface area (Å²) >= 11 is 0. The summed E-state index contributed by atoms with van der Waals surface area (Å²) in [5.74, 6) is -0.0321. The highest BCUT2D eigenvalue weighted by Gasteiger charge is 2.24. The number of carbonyl (C=O) groups excluding carboxylic acids is 1. The van der Waals surface area contributed by atoms with E-state index in [0.717, 1.165) is 11.8 Å². The topological polar surface area (TPSA) is 130 Å². The minimum absolute atomic E-state index is 0.0209. The maximum atomic E-state index is 12.9. The highest BCUT2D eigenvalue weighted by atomic mass is 32.2. The molecule has 10 nitrogen and oxygen atoms in total. The number of carbonyl (C=O) groups is 1. The minimum Gasteiger partial charge on any atom is -0.506 e. The number of nitro benzene ring substituents is 1. The molecule has 1 saturated heterocycles. The smallest absolute Gasteiger partial charge is 0.339 e. The lowest BCUT2D eigenvalue weighted by atomic mass is 10.1. The summed E-state index contributed by atoms with van der Waals surface area (Å²) < 4.78 is 30.0. The number of amides is 1. The number of anilines is 1.